The van der Waals surface area contributed by atoms with E-state index in [1.54, 1.807) is 19.2 Å². The average Bonchev–Trinajstić information content (AvgIpc) is 3.12. The zero-order chi connectivity index (χ0) is 16.4. The molecule has 0 radical (unpaired) electrons. The summed E-state index contributed by atoms with van der Waals surface area (Å²) in [6.07, 6.45) is 1.47. The minimum atomic E-state index is -0.373. The van der Waals surface area contributed by atoms with Gasteiger partial charge in [-0.25, -0.2) is 0 Å². The molecule has 5 nitrogen and oxygen atoms in total. The summed E-state index contributed by atoms with van der Waals surface area (Å²) in [5, 5.41) is 0. The molecule has 0 spiro atoms. The fourth-order valence-electron chi connectivity index (χ4n) is 2.61. The summed E-state index contributed by atoms with van der Waals surface area (Å²) < 4.78 is 13.5. The molecule has 120 valence electrons. The Bertz CT molecular complexity index is 904. The highest BCUT2D eigenvalue weighted by atomic mass is 32.1. The van der Waals surface area contributed by atoms with Gasteiger partial charge in [0.2, 0.25) is 0 Å². The van der Waals surface area contributed by atoms with Crippen LogP contribution in [0.2, 0.25) is 0 Å². The van der Waals surface area contributed by atoms with E-state index in [4.69, 9.17) is 9.15 Å². The van der Waals surface area contributed by atoms with Gasteiger partial charge in [-0.15, -0.1) is 0 Å². The van der Waals surface area contributed by atoms with E-state index in [1.165, 1.54) is 28.7 Å². The Labute approximate surface area is 137 Å². The first-order chi connectivity index (χ1) is 11.1. The number of aryl methyl sites for hydroxylation is 2. The van der Waals surface area contributed by atoms with E-state index in [1.807, 2.05) is 4.57 Å². The number of amides is 1. The molecule has 0 N–H and O–H groups in total. The summed E-state index contributed by atoms with van der Waals surface area (Å²) in [7, 11) is 1.66. The average molecular weight is 330 g/mol. The highest BCUT2D eigenvalue weighted by Crippen LogP contribution is 2.23. The maximum absolute atomic E-state index is 12.2. The van der Waals surface area contributed by atoms with Crippen LogP contribution in [0.1, 0.15) is 21.7 Å². The maximum Gasteiger partial charge on any atom is 0.315 e. The number of hydrogen-bond donors (Lipinski definition) is 0. The Balaban J connectivity index is 2.18. The molecule has 0 bridgehead atoms. The van der Waals surface area contributed by atoms with Crippen molar-refractivity contribution in [3.63, 3.8) is 0 Å². The molecule has 1 amide bonds. The molecular weight excluding hydrogens is 312 g/mol. The molecule has 0 aliphatic carbocycles. The summed E-state index contributed by atoms with van der Waals surface area (Å²) in [5.74, 6) is -0.129. The molecule has 1 aromatic carbocycles. The van der Waals surface area contributed by atoms with Crippen molar-refractivity contribution in [3.8, 4) is 0 Å². The topological polar surface area (TPSA) is 56.7 Å². The molecule has 6 heteroatoms. The van der Waals surface area contributed by atoms with Crippen LogP contribution >= 0.6 is 11.3 Å². The Hall–Kier alpha value is -2.18. The predicted octanol–water partition coefficient (Wildman–Crippen LogP) is 3.30. The second-order valence-electron chi connectivity index (χ2n) is 5.35. The third kappa shape index (κ3) is 3.13. The van der Waals surface area contributed by atoms with Crippen molar-refractivity contribution in [2.24, 2.45) is 4.99 Å². The molecule has 0 saturated heterocycles. The smallest absolute Gasteiger partial charge is 0.315 e. The first kappa shape index (κ1) is 15.7. The summed E-state index contributed by atoms with van der Waals surface area (Å²) in [6.45, 7) is 5.34. The number of rotatable bonds is 4. The number of benzene rings is 1. The van der Waals surface area contributed by atoms with Gasteiger partial charge in [-0.3, -0.25) is 4.79 Å². The Morgan fingerprint density at radius 2 is 2.22 bits per heavy atom. The van der Waals surface area contributed by atoms with Crippen molar-refractivity contribution in [2.45, 2.75) is 20.4 Å². The number of fused-ring (bicyclic) bond motifs is 1. The normalized spacial score (nSPS) is 12.2. The van der Waals surface area contributed by atoms with Crippen molar-refractivity contribution in [1.29, 1.82) is 0 Å². The zero-order valence-electron chi connectivity index (χ0n) is 13.3. The molecule has 0 atom stereocenters. The van der Waals surface area contributed by atoms with Crippen LogP contribution in [0.25, 0.3) is 10.2 Å². The summed E-state index contributed by atoms with van der Waals surface area (Å²) in [5.41, 5.74) is 3.46. The van der Waals surface area contributed by atoms with Crippen molar-refractivity contribution < 1.29 is 13.9 Å². The molecule has 3 rings (SSSR count). The second-order valence-corrected chi connectivity index (χ2v) is 6.36. The van der Waals surface area contributed by atoms with Crippen molar-refractivity contribution in [2.75, 3.05) is 13.7 Å². The van der Waals surface area contributed by atoms with Gasteiger partial charge in [-0.2, -0.15) is 4.99 Å². The zero-order valence-corrected chi connectivity index (χ0v) is 14.1. The van der Waals surface area contributed by atoms with Gasteiger partial charge in [0, 0.05) is 13.7 Å². The fraction of sp³-hybridized carbons (Fsp3) is 0.294. The summed E-state index contributed by atoms with van der Waals surface area (Å²) in [4.78, 5) is 17.1. The van der Waals surface area contributed by atoms with Gasteiger partial charge in [-0.05, 0) is 43.2 Å². The molecule has 0 aliphatic heterocycles. The lowest BCUT2D eigenvalue weighted by Gasteiger charge is -2.07. The molecule has 23 heavy (non-hydrogen) atoms. The molecule has 2 aromatic heterocycles. The van der Waals surface area contributed by atoms with Gasteiger partial charge in [0.1, 0.15) is 0 Å². The van der Waals surface area contributed by atoms with E-state index in [2.05, 4.69) is 31.0 Å². The molecule has 0 fully saturated rings. The van der Waals surface area contributed by atoms with Crippen LogP contribution in [0, 0.1) is 13.8 Å². The third-order valence-electron chi connectivity index (χ3n) is 3.56. The van der Waals surface area contributed by atoms with Gasteiger partial charge in [0.25, 0.3) is 0 Å². The molecule has 2 heterocycles. The van der Waals surface area contributed by atoms with Crippen LogP contribution in [0.5, 0.6) is 0 Å². The Kier molecular flexibility index (Phi) is 4.45. The second kappa shape index (κ2) is 6.52. The van der Waals surface area contributed by atoms with E-state index in [-0.39, 0.29) is 11.7 Å². The number of hydrogen-bond acceptors (Lipinski definition) is 4. The molecule has 0 unspecified atom stereocenters. The lowest BCUT2D eigenvalue weighted by atomic mass is 10.1. The van der Waals surface area contributed by atoms with E-state index in [0.29, 0.717) is 18.0 Å². The monoisotopic (exact) mass is 330 g/mol. The van der Waals surface area contributed by atoms with E-state index in [9.17, 15) is 4.79 Å². The van der Waals surface area contributed by atoms with Crippen LogP contribution in [-0.2, 0) is 11.3 Å². The third-order valence-corrected chi connectivity index (χ3v) is 4.59. The number of ether oxygens (including phenoxy) is 1. The van der Waals surface area contributed by atoms with Crippen molar-refractivity contribution in [3.05, 3.63) is 52.2 Å². The van der Waals surface area contributed by atoms with Gasteiger partial charge in [-0.1, -0.05) is 17.4 Å². The molecule has 3 aromatic rings. The Morgan fingerprint density at radius 3 is 2.91 bits per heavy atom. The first-order valence-electron chi connectivity index (χ1n) is 7.32. The maximum atomic E-state index is 12.2. The number of methoxy groups -OCH3 is 1. The van der Waals surface area contributed by atoms with Gasteiger partial charge in [0.15, 0.2) is 10.6 Å². The largest absolute Gasteiger partial charge is 0.459 e. The minimum Gasteiger partial charge on any atom is -0.459 e. The van der Waals surface area contributed by atoms with E-state index in [0.717, 1.165) is 10.2 Å². The van der Waals surface area contributed by atoms with Crippen LogP contribution in [0.4, 0.5) is 0 Å². The van der Waals surface area contributed by atoms with Gasteiger partial charge >= 0.3 is 5.91 Å². The standard InChI is InChI=1S/C17H18N2O3S/c1-11-9-12(2)15-14(10-11)23-17(19(15)6-8-21-3)18-16(20)13-5-4-7-22-13/h4-5,7,9-10H,6,8H2,1-3H3. The quantitative estimate of drug-likeness (QED) is 0.737. The number of thiazole rings is 1. The summed E-state index contributed by atoms with van der Waals surface area (Å²) >= 11 is 1.51. The van der Waals surface area contributed by atoms with Crippen LogP contribution in [-0.4, -0.2) is 24.2 Å². The number of carbonyl (C=O) groups excluding carboxylic acids is 1. The first-order valence-corrected chi connectivity index (χ1v) is 8.14. The highest BCUT2D eigenvalue weighted by Gasteiger charge is 2.12. The van der Waals surface area contributed by atoms with E-state index >= 15 is 0 Å². The Morgan fingerprint density at radius 1 is 1.39 bits per heavy atom. The number of aromatic nitrogens is 1. The predicted molar refractivity (Wildman–Crippen MR) is 89.8 cm³/mol. The summed E-state index contributed by atoms with van der Waals surface area (Å²) in [6, 6.07) is 7.55. The fourth-order valence-corrected chi connectivity index (χ4v) is 3.84. The number of furan rings is 1. The van der Waals surface area contributed by atoms with Gasteiger partial charge in [0.05, 0.1) is 23.1 Å². The van der Waals surface area contributed by atoms with Crippen molar-refractivity contribution >= 4 is 27.5 Å². The van der Waals surface area contributed by atoms with Crippen molar-refractivity contribution in [1.82, 2.24) is 4.57 Å². The van der Waals surface area contributed by atoms with Gasteiger partial charge < -0.3 is 13.7 Å². The SMILES string of the molecule is COCCn1c(=NC(=O)c2ccco2)sc2cc(C)cc(C)c21. The number of carbonyl (C=O) groups is 1. The molecular formula is C17H18N2O3S. The lowest BCUT2D eigenvalue weighted by molar-refractivity contribution is 0.0971. The lowest BCUT2D eigenvalue weighted by Crippen LogP contribution is -2.19. The number of nitrogens with zero attached hydrogens (tertiary/aromatic N) is 2. The van der Waals surface area contributed by atoms with Crippen LogP contribution in [0.15, 0.2) is 39.9 Å². The minimum absolute atomic E-state index is 0.244. The van der Waals surface area contributed by atoms with Crippen LogP contribution in [0.3, 0.4) is 0 Å². The molecule has 0 saturated carbocycles. The van der Waals surface area contributed by atoms with E-state index < -0.39 is 0 Å². The highest BCUT2D eigenvalue weighted by molar-refractivity contribution is 7.16. The van der Waals surface area contributed by atoms with Crippen LogP contribution < -0.4 is 4.80 Å². The molecule has 0 aliphatic rings.